The Labute approximate surface area is 120 Å². The Morgan fingerprint density at radius 1 is 1.48 bits per heavy atom. The van der Waals surface area contributed by atoms with Crippen LogP contribution in [-0.4, -0.2) is 18.0 Å². The van der Waals surface area contributed by atoms with Crippen LogP contribution in [-0.2, 0) is 6.61 Å². The van der Waals surface area contributed by atoms with Crippen LogP contribution in [0, 0.1) is 5.82 Å². The van der Waals surface area contributed by atoms with Gasteiger partial charge in [-0.25, -0.2) is 4.39 Å². The van der Waals surface area contributed by atoms with Crippen molar-refractivity contribution in [3.63, 3.8) is 0 Å². The monoisotopic (exact) mass is 291 g/mol. The van der Waals surface area contributed by atoms with Crippen LogP contribution in [0.15, 0.2) is 22.7 Å². The lowest BCUT2D eigenvalue weighted by atomic mass is 10.0. The quantitative estimate of drug-likeness (QED) is 0.866. The number of ketones is 1. The lowest BCUT2D eigenvalue weighted by molar-refractivity contribution is 0.0985. The molecule has 1 aliphatic rings. The molecule has 0 aliphatic heterocycles. The Kier molecular flexibility index (Phi) is 3.37. The fourth-order valence-corrected chi connectivity index (χ4v) is 2.55. The minimum atomic E-state index is -0.364. The summed E-state index contributed by atoms with van der Waals surface area (Å²) in [6, 6.07) is 4.39. The molecule has 1 atom stereocenters. The van der Waals surface area contributed by atoms with Crippen molar-refractivity contribution in [2.75, 3.05) is 7.11 Å². The summed E-state index contributed by atoms with van der Waals surface area (Å²) in [5.41, 5.74) is 0.779. The first kappa shape index (κ1) is 13.6. The largest absolute Gasteiger partial charge is 0.485 e. The van der Waals surface area contributed by atoms with E-state index >= 15 is 0 Å². The fourth-order valence-electron chi connectivity index (χ4n) is 2.55. The summed E-state index contributed by atoms with van der Waals surface area (Å²) in [4.78, 5) is 12.0. The molecule has 1 aliphatic carbocycles. The van der Waals surface area contributed by atoms with Gasteiger partial charge in [-0.3, -0.25) is 4.79 Å². The SMILES string of the molecule is COc1cc(COc2ccc(F)c3c2C(=O)CC3C)on1. The highest BCUT2D eigenvalue weighted by molar-refractivity contribution is 6.03. The minimum Gasteiger partial charge on any atom is -0.485 e. The number of fused-ring (bicyclic) bond motifs is 1. The van der Waals surface area contributed by atoms with Crippen molar-refractivity contribution in [1.82, 2.24) is 5.16 Å². The molecule has 1 aromatic carbocycles. The number of halogens is 1. The first-order chi connectivity index (χ1) is 10.1. The second kappa shape index (κ2) is 5.20. The molecule has 0 radical (unpaired) electrons. The van der Waals surface area contributed by atoms with Gasteiger partial charge in [0.05, 0.1) is 12.7 Å². The van der Waals surface area contributed by atoms with E-state index in [0.29, 0.717) is 34.9 Å². The Morgan fingerprint density at radius 3 is 3.00 bits per heavy atom. The van der Waals surface area contributed by atoms with Gasteiger partial charge in [0, 0.05) is 18.1 Å². The Morgan fingerprint density at radius 2 is 2.29 bits per heavy atom. The molecule has 21 heavy (non-hydrogen) atoms. The van der Waals surface area contributed by atoms with Crippen molar-refractivity contribution in [1.29, 1.82) is 0 Å². The topological polar surface area (TPSA) is 61.6 Å². The van der Waals surface area contributed by atoms with Gasteiger partial charge in [-0.15, -0.1) is 0 Å². The summed E-state index contributed by atoms with van der Waals surface area (Å²) < 4.78 is 29.4. The summed E-state index contributed by atoms with van der Waals surface area (Å²) >= 11 is 0. The van der Waals surface area contributed by atoms with E-state index in [-0.39, 0.29) is 24.1 Å². The van der Waals surface area contributed by atoms with Gasteiger partial charge in [-0.2, -0.15) is 0 Å². The van der Waals surface area contributed by atoms with E-state index in [0.717, 1.165) is 0 Å². The van der Waals surface area contributed by atoms with Crippen LogP contribution in [0.25, 0.3) is 0 Å². The van der Waals surface area contributed by atoms with Crippen LogP contribution in [0.1, 0.15) is 40.9 Å². The maximum Gasteiger partial charge on any atom is 0.254 e. The second-order valence-electron chi connectivity index (χ2n) is 4.99. The van der Waals surface area contributed by atoms with Gasteiger partial charge in [0.25, 0.3) is 5.88 Å². The minimum absolute atomic E-state index is 0.0933. The number of nitrogens with zero attached hydrogens (tertiary/aromatic N) is 1. The van der Waals surface area contributed by atoms with Gasteiger partial charge < -0.3 is 14.0 Å². The molecule has 1 aromatic heterocycles. The predicted molar refractivity (Wildman–Crippen MR) is 71.1 cm³/mol. The van der Waals surface area contributed by atoms with Gasteiger partial charge in [0.15, 0.2) is 11.5 Å². The maximum absolute atomic E-state index is 13.9. The van der Waals surface area contributed by atoms with E-state index in [9.17, 15) is 9.18 Å². The van der Waals surface area contributed by atoms with Crippen molar-refractivity contribution in [2.45, 2.75) is 25.9 Å². The molecule has 0 spiro atoms. The van der Waals surface area contributed by atoms with E-state index in [1.54, 1.807) is 6.07 Å². The van der Waals surface area contributed by atoms with E-state index in [4.69, 9.17) is 14.0 Å². The van der Waals surface area contributed by atoms with Crippen LogP contribution in [0.3, 0.4) is 0 Å². The van der Waals surface area contributed by atoms with Crippen molar-refractivity contribution in [2.24, 2.45) is 0 Å². The summed E-state index contributed by atoms with van der Waals surface area (Å²) in [5.74, 6) is 0.600. The number of carbonyl (C=O) groups is 1. The number of carbonyl (C=O) groups excluding carboxylic acids is 1. The molecule has 110 valence electrons. The number of methoxy groups -OCH3 is 1. The number of hydrogen-bond acceptors (Lipinski definition) is 5. The highest BCUT2D eigenvalue weighted by Gasteiger charge is 2.32. The predicted octanol–water partition coefficient (Wildman–Crippen LogP) is 3.09. The van der Waals surface area contributed by atoms with Crippen LogP contribution in [0.2, 0.25) is 0 Å². The molecule has 0 saturated carbocycles. The average molecular weight is 291 g/mol. The van der Waals surface area contributed by atoms with E-state index in [1.807, 2.05) is 6.92 Å². The Balaban J connectivity index is 1.85. The second-order valence-corrected chi connectivity index (χ2v) is 4.99. The standard InChI is InChI=1S/C15H14FNO4/c1-8-5-11(18)15-12(4-3-10(16)14(8)15)20-7-9-6-13(19-2)17-21-9/h3-4,6,8H,5,7H2,1-2H3. The molecule has 0 N–H and O–H groups in total. The molecule has 6 heteroatoms. The molecule has 1 unspecified atom stereocenters. The van der Waals surface area contributed by atoms with Gasteiger partial charge in [-0.05, 0) is 23.2 Å². The number of aromatic nitrogens is 1. The van der Waals surface area contributed by atoms with Crippen molar-refractivity contribution >= 4 is 5.78 Å². The Hall–Kier alpha value is -2.37. The summed E-state index contributed by atoms with van der Waals surface area (Å²) in [7, 11) is 1.48. The third-order valence-electron chi connectivity index (χ3n) is 3.53. The smallest absolute Gasteiger partial charge is 0.254 e. The molecule has 0 saturated heterocycles. The van der Waals surface area contributed by atoms with Gasteiger partial charge in [0.1, 0.15) is 18.2 Å². The fraction of sp³-hybridized carbons (Fsp3) is 0.333. The maximum atomic E-state index is 13.9. The molecular weight excluding hydrogens is 277 g/mol. The molecule has 0 bridgehead atoms. The average Bonchev–Trinajstić information content (AvgIpc) is 3.04. The molecule has 1 heterocycles. The zero-order chi connectivity index (χ0) is 15.0. The number of hydrogen-bond donors (Lipinski definition) is 0. The summed E-state index contributed by atoms with van der Waals surface area (Å²) in [5, 5.41) is 3.66. The molecule has 5 nitrogen and oxygen atoms in total. The summed E-state index contributed by atoms with van der Waals surface area (Å²) in [6.45, 7) is 1.92. The molecule has 3 rings (SSSR count). The molecule has 0 amide bonds. The number of ether oxygens (including phenoxy) is 2. The Bertz CT molecular complexity index is 695. The lowest BCUT2D eigenvalue weighted by Gasteiger charge is -2.10. The third-order valence-corrected chi connectivity index (χ3v) is 3.53. The molecule has 0 fully saturated rings. The van der Waals surface area contributed by atoms with Crippen LogP contribution >= 0.6 is 0 Å². The van der Waals surface area contributed by atoms with Crippen LogP contribution in [0.5, 0.6) is 11.6 Å². The molecular formula is C15H14FNO4. The zero-order valence-corrected chi connectivity index (χ0v) is 11.7. The first-order valence-corrected chi connectivity index (χ1v) is 6.58. The summed E-state index contributed by atoms with van der Waals surface area (Å²) in [6.07, 6.45) is 0.308. The van der Waals surface area contributed by atoms with Crippen LogP contribution < -0.4 is 9.47 Å². The lowest BCUT2D eigenvalue weighted by Crippen LogP contribution is -2.02. The van der Waals surface area contributed by atoms with E-state index in [2.05, 4.69) is 5.16 Å². The number of Topliss-reactive ketones (excluding diaryl/α,β-unsaturated/α-hetero) is 1. The van der Waals surface area contributed by atoms with Gasteiger partial charge in [0.2, 0.25) is 0 Å². The number of rotatable bonds is 4. The van der Waals surface area contributed by atoms with E-state index in [1.165, 1.54) is 19.2 Å². The third kappa shape index (κ3) is 2.37. The normalized spacial score (nSPS) is 16.9. The van der Waals surface area contributed by atoms with Gasteiger partial charge >= 0.3 is 0 Å². The first-order valence-electron chi connectivity index (χ1n) is 6.58. The highest BCUT2D eigenvalue weighted by Crippen LogP contribution is 2.39. The zero-order valence-electron chi connectivity index (χ0n) is 11.7. The number of benzene rings is 1. The van der Waals surface area contributed by atoms with Crippen molar-refractivity contribution in [3.8, 4) is 11.6 Å². The van der Waals surface area contributed by atoms with Crippen molar-refractivity contribution in [3.05, 3.63) is 40.9 Å². The van der Waals surface area contributed by atoms with Crippen LogP contribution in [0.4, 0.5) is 4.39 Å². The highest BCUT2D eigenvalue weighted by atomic mass is 19.1. The molecule has 2 aromatic rings. The van der Waals surface area contributed by atoms with Crippen molar-refractivity contribution < 1.29 is 23.2 Å². The van der Waals surface area contributed by atoms with E-state index < -0.39 is 0 Å². The van der Waals surface area contributed by atoms with Gasteiger partial charge in [-0.1, -0.05) is 6.92 Å².